The van der Waals surface area contributed by atoms with E-state index in [1.165, 1.54) is 10.9 Å². The summed E-state index contributed by atoms with van der Waals surface area (Å²) in [5, 5.41) is 14.2. The first-order chi connectivity index (χ1) is 9.86. The fraction of sp³-hybridized carbons (Fsp3) is 0.417. The molecule has 0 unspecified atom stereocenters. The number of nitrogen functional groups attached to an aromatic ring is 1. The van der Waals surface area contributed by atoms with Gasteiger partial charge in [0.1, 0.15) is 12.4 Å². The first-order valence-electron chi connectivity index (χ1n) is 6.43. The van der Waals surface area contributed by atoms with Crippen molar-refractivity contribution < 1.29 is 9.59 Å². The van der Waals surface area contributed by atoms with Crippen LogP contribution in [0.2, 0.25) is 0 Å². The number of hydrogen-bond acceptors (Lipinski definition) is 6. The maximum atomic E-state index is 12.0. The molecule has 0 fully saturated rings. The Hall–Kier alpha value is -2.71. The number of nitrogens with zero attached hydrogens (tertiary/aromatic N) is 5. The van der Waals surface area contributed by atoms with E-state index in [0.29, 0.717) is 11.5 Å². The Morgan fingerprint density at radius 3 is 2.71 bits per heavy atom. The summed E-state index contributed by atoms with van der Waals surface area (Å²) < 4.78 is 2.43. The Morgan fingerprint density at radius 1 is 1.43 bits per heavy atom. The average Bonchev–Trinajstić information content (AvgIpc) is 2.95. The van der Waals surface area contributed by atoms with E-state index in [4.69, 9.17) is 5.73 Å². The molecule has 9 nitrogen and oxygen atoms in total. The van der Waals surface area contributed by atoms with Crippen LogP contribution < -0.4 is 11.1 Å². The van der Waals surface area contributed by atoms with Gasteiger partial charge in [0.05, 0.1) is 11.9 Å². The molecule has 21 heavy (non-hydrogen) atoms. The van der Waals surface area contributed by atoms with Gasteiger partial charge in [0.25, 0.3) is 5.91 Å². The van der Waals surface area contributed by atoms with Gasteiger partial charge >= 0.3 is 0 Å². The number of hydrogen-bond donors (Lipinski definition) is 2. The van der Waals surface area contributed by atoms with E-state index in [9.17, 15) is 9.59 Å². The van der Waals surface area contributed by atoms with Crippen LogP contribution in [0.15, 0.2) is 12.3 Å². The van der Waals surface area contributed by atoms with Crippen LogP contribution in [0.1, 0.15) is 24.3 Å². The zero-order valence-electron chi connectivity index (χ0n) is 12.1. The molecule has 9 heteroatoms. The molecule has 0 aliphatic rings. The highest BCUT2D eigenvalue weighted by atomic mass is 16.2. The van der Waals surface area contributed by atoms with Crippen LogP contribution in [-0.4, -0.2) is 36.6 Å². The molecular weight excluding hydrogens is 274 g/mol. The van der Waals surface area contributed by atoms with E-state index in [0.717, 1.165) is 4.68 Å². The molecule has 2 aromatic rings. The second kappa shape index (κ2) is 5.73. The van der Waals surface area contributed by atoms with Crippen LogP contribution in [0.25, 0.3) is 0 Å². The number of anilines is 2. The highest BCUT2D eigenvalue weighted by molar-refractivity contribution is 5.91. The number of amides is 1. The molecule has 2 heterocycles. The average molecular weight is 291 g/mol. The summed E-state index contributed by atoms with van der Waals surface area (Å²) in [5.41, 5.74) is 6.33. The van der Waals surface area contributed by atoms with Crippen molar-refractivity contribution >= 4 is 23.5 Å². The first-order valence-corrected chi connectivity index (χ1v) is 6.43. The summed E-state index contributed by atoms with van der Waals surface area (Å²) in [6.07, 6.45) is 1.48. The zero-order chi connectivity index (χ0) is 15.6. The number of aromatic nitrogens is 5. The van der Waals surface area contributed by atoms with E-state index in [1.54, 1.807) is 26.8 Å². The monoisotopic (exact) mass is 291 g/mol. The molecule has 0 atom stereocenters. The highest BCUT2D eigenvalue weighted by Crippen LogP contribution is 2.07. The molecule has 0 bridgehead atoms. The van der Waals surface area contributed by atoms with Crippen molar-refractivity contribution in [1.29, 1.82) is 0 Å². The van der Waals surface area contributed by atoms with Crippen molar-refractivity contribution in [2.45, 2.75) is 27.3 Å². The SMILES string of the molecule is Cc1cc(N)n(C(=O)Cn2cc(NC(=O)C(C)C)nn2)n1. The quantitative estimate of drug-likeness (QED) is 0.835. The summed E-state index contributed by atoms with van der Waals surface area (Å²) >= 11 is 0. The molecule has 0 aliphatic carbocycles. The number of nitrogens with one attached hydrogen (secondary N) is 1. The Kier molecular flexibility index (Phi) is 4.01. The molecule has 0 saturated carbocycles. The lowest BCUT2D eigenvalue weighted by Crippen LogP contribution is -2.21. The molecule has 0 spiro atoms. The Bertz CT molecular complexity index is 671. The van der Waals surface area contributed by atoms with Crippen LogP contribution in [0.4, 0.5) is 11.6 Å². The third-order valence-electron chi connectivity index (χ3n) is 2.71. The number of carbonyl (C=O) groups excluding carboxylic acids is 2. The number of aryl methyl sites for hydroxylation is 1. The number of rotatable bonds is 4. The maximum absolute atomic E-state index is 12.0. The Morgan fingerprint density at radius 2 is 2.14 bits per heavy atom. The van der Waals surface area contributed by atoms with Gasteiger partial charge in [-0.15, -0.1) is 5.10 Å². The molecule has 0 radical (unpaired) electrons. The van der Waals surface area contributed by atoms with Crippen molar-refractivity contribution in [3.8, 4) is 0 Å². The van der Waals surface area contributed by atoms with E-state index in [-0.39, 0.29) is 30.1 Å². The van der Waals surface area contributed by atoms with Crippen molar-refractivity contribution in [3.63, 3.8) is 0 Å². The summed E-state index contributed by atoms with van der Waals surface area (Å²) in [5.74, 6) is -0.103. The summed E-state index contributed by atoms with van der Waals surface area (Å²) in [6.45, 7) is 5.21. The first kappa shape index (κ1) is 14.7. The summed E-state index contributed by atoms with van der Waals surface area (Å²) in [6, 6.07) is 1.60. The Balaban J connectivity index is 2.04. The van der Waals surface area contributed by atoms with Gasteiger partial charge in [-0.3, -0.25) is 9.59 Å². The van der Waals surface area contributed by atoms with E-state index >= 15 is 0 Å². The van der Waals surface area contributed by atoms with Crippen molar-refractivity contribution in [2.75, 3.05) is 11.1 Å². The van der Waals surface area contributed by atoms with E-state index < -0.39 is 0 Å². The van der Waals surface area contributed by atoms with E-state index in [1.807, 2.05) is 0 Å². The molecule has 1 amide bonds. The molecule has 0 saturated heterocycles. The minimum atomic E-state index is -0.341. The summed E-state index contributed by atoms with van der Waals surface area (Å²) in [4.78, 5) is 23.6. The minimum absolute atomic E-state index is 0.0735. The molecule has 0 aromatic carbocycles. The molecule has 0 aliphatic heterocycles. The molecular formula is C12H17N7O2. The van der Waals surface area contributed by atoms with Gasteiger partial charge < -0.3 is 11.1 Å². The van der Waals surface area contributed by atoms with Gasteiger partial charge in [0, 0.05) is 12.0 Å². The standard InChI is InChI=1S/C12H17N7O2/c1-7(2)12(21)14-10-5-18(17-15-10)6-11(20)19-9(13)4-8(3)16-19/h4-5,7H,6,13H2,1-3H3,(H,14,21). The lowest BCUT2D eigenvalue weighted by molar-refractivity contribution is -0.118. The van der Waals surface area contributed by atoms with Gasteiger partial charge in [0.15, 0.2) is 5.82 Å². The molecule has 3 N–H and O–H groups in total. The maximum Gasteiger partial charge on any atom is 0.270 e. The predicted octanol–water partition coefficient (Wildman–Crippen LogP) is 0.300. The van der Waals surface area contributed by atoms with Crippen molar-refractivity contribution in [2.24, 2.45) is 5.92 Å². The van der Waals surface area contributed by atoms with Crippen LogP contribution in [0, 0.1) is 12.8 Å². The second-order valence-electron chi connectivity index (χ2n) is 4.96. The zero-order valence-corrected chi connectivity index (χ0v) is 12.1. The third kappa shape index (κ3) is 3.44. The second-order valence-corrected chi connectivity index (χ2v) is 4.96. The van der Waals surface area contributed by atoms with Gasteiger partial charge in [-0.2, -0.15) is 9.78 Å². The third-order valence-corrected chi connectivity index (χ3v) is 2.71. The van der Waals surface area contributed by atoms with Crippen molar-refractivity contribution in [1.82, 2.24) is 24.8 Å². The van der Waals surface area contributed by atoms with Gasteiger partial charge in [-0.05, 0) is 6.92 Å². The van der Waals surface area contributed by atoms with Gasteiger partial charge in [-0.25, -0.2) is 4.68 Å². The van der Waals surface area contributed by atoms with Crippen LogP contribution in [0.5, 0.6) is 0 Å². The highest BCUT2D eigenvalue weighted by Gasteiger charge is 2.14. The fourth-order valence-electron chi connectivity index (χ4n) is 1.63. The lowest BCUT2D eigenvalue weighted by atomic mass is 10.2. The van der Waals surface area contributed by atoms with Gasteiger partial charge in [0.2, 0.25) is 5.91 Å². The van der Waals surface area contributed by atoms with Crippen LogP contribution in [0.3, 0.4) is 0 Å². The number of nitrogens with two attached hydrogens (primary N) is 1. The van der Waals surface area contributed by atoms with Crippen LogP contribution >= 0.6 is 0 Å². The molecule has 2 aromatic heterocycles. The van der Waals surface area contributed by atoms with Crippen LogP contribution in [-0.2, 0) is 11.3 Å². The molecule has 2 rings (SSSR count). The van der Waals surface area contributed by atoms with E-state index in [2.05, 4.69) is 20.7 Å². The molecule has 112 valence electrons. The fourth-order valence-corrected chi connectivity index (χ4v) is 1.63. The Labute approximate surface area is 121 Å². The smallest absolute Gasteiger partial charge is 0.270 e. The number of carbonyl (C=O) groups is 2. The predicted molar refractivity (Wildman–Crippen MR) is 75.5 cm³/mol. The summed E-state index contributed by atoms with van der Waals surface area (Å²) in [7, 11) is 0. The van der Waals surface area contributed by atoms with Crippen molar-refractivity contribution in [3.05, 3.63) is 18.0 Å². The normalized spacial score (nSPS) is 10.9. The lowest BCUT2D eigenvalue weighted by Gasteiger charge is -2.03. The largest absolute Gasteiger partial charge is 0.383 e. The minimum Gasteiger partial charge on any atom is -0.383 e. The van der Waals surface area contributed by atoms with Gasteiger partial charge in [-0.1, -0.05) is 19.1 Å². The topological polar surface area (TPSA) is 121 Å².